The molecule has 20 heavy (non-hydrogen) atoms. The Kier molecular flexibility index (Phi) is 3.22. The van der Waals surface area contributed by atoms with Crippen LogP contribution in [0.25, 0.3) is 0 Å². The average Bonchev–Trinajstić information content (AvgIpc) is 2.79. The number of hydrogen-bond donors (Lipinski definition) is 3. The van der Waals surface area contributed by atoms with Gasteiger partial charge in [0, 0.05) is 23.9 Å². The van der Waals surface area contributed by atoms with E-state index in [2.05, 4.69) is 10.6 Å². The summed E-state index contributed by atoms with van der Waals surface area (Å²) in [6, 6.07) is 5.66. The molecule has 0 bridgehead atoms. The molecule has 1 fully saturated rings. The summed E-state index contributed by atoms with van der Waals surface area (Å²) < 4.78 is 0. The number of nitrogens with one attached hydrogen (secondary N) is 2. The van der Waals surface area contributed by atoms with E-state index in [0.717, 1.165) is 25.8 Å². The van der Waals surface area contributed by atoms with Crippen LogP contribution in [0.4, 0.5) is 0 Å². The van der Waals surface area contributed by atoms with E-state index in [4.69, 9.17) is 5.11 Å². The molecule has 2 aliphatic rings. The number of fused-ring (bicyclic) bond motifs is 1. The lowest BCUT2D eigenvalue weighted by Gasteiger charge is -2.33. The van der Waals surface area contributed by atoms with Crippen molar-refractivity contribution in [2.75, 3.05) is 13.3 Å². The summed E-state index contributed by atoms with van der Waals surface area (Å²) in [5, 5.41) is 14.0. The fourth-order valence-electron chi connectivity index (χ4n) is 3.29. The molecule has 3 N–H and O–H groups in total. The molecule has 5 nitrogen and oxygen atoms in total. The van der Waals surface area contributed by atoms with Crippen LogP contribution in [0.2, 0.25) is 0 Å². The van der Waals surface area contributed by atoms with Crippen LogP contribution in [0, 0.1) is 5.41 Å². The SMILES string of the molecule is O=C1C[C@]2(CCc3cc(C(=O)NCO)ccc3C2)CN1. The molecule has 1 saturated heterocycles. The number of aryl methyl sites for hydroxylation is 1. The zero-order valence-corrected chi connectivity index (χ0v) is 11.2. The van der Waals surface area contributed by atoms with Crippen molar-refractivity contribution in [2.24, 2.45) is 5.41 Å². The maximum absolute atomic E-state index is 11.7. The first kappa shape index (κ1) is 13.1. The third-order valence-electron chi connectivity index (χ3n) is 4.39. The fourth-order valence-corrected chi connectivity index (χ4v) is 3.29. The van der Waals surface area contributed by atoms with Crippen LogP contribution in [0.1, 0.15) is 34.3 Å². The Hall–Kier alpha value is -1.88. The van der Waals surface area contributed by atoms with Crippen LogP contribution in [0.5, 0.6) is 0 Å². The Bertz CT molecular complexity index is 570. The molecule has 3 rings (SSSR count). The van der Waals surface area contributed by atoms with Crippen molar-refractivity contribution in [2.45, 2.75) is 25.7 Å². The Morgan fingerprint density at radius 1 is 1.35 bits per heavy atom. The summed E-state index contributed by atoms with van der Waals surface area (Å²) in [7, 11) is 0. The molecular weight excluding hydrogens is 256 g/mol. The van der Waals surface area contributed by atoms with Gasteiger partial charge in [0.05, 0.1) is 0 Å². The smallest absolute Gasteiger partial charge is 0.253 e. The van der Waals surface area contributed by atoms with Gasteiger partial charge in [-0.25, -0.2) is 0 Å². The summed E-state index contributed by atoms with van der Waals surface area (Å²) in [5.41, 5.74) is 3.06. The molecule has 1 spiro atoms. The van der Waals surface area contributed by atoms with Crippen molar-refractivity contribution in [1.82, 2.24) is 10.6 Å². The Labute approximate surface area is 117 Å². The van der Waals surface area contributed by atoms with Gasteiger partial charge in [0.25, 0.3) is 5.91 Å². The predicted molar refractivity (Wildman–Crippen MR) is 73.1 cm³/mol. The summed E-state index contributed by atoms with van der Waals surface area (Å²) >= 11 is 0. The minimum Gasteiger partial charge on any atom is -0.376 e. The second-order valence-electron chi connectivity index (χ2n) is 5.78. The number of rotatable bonds is 2. The van der Waals surface area contributed by atoms with Gasteiger partial charge in [-0.05, 0) is 42.5 Å². The zero-order valence-electron chi connectivity index (χ0n) is 11.2. The summed E-state index contributed by atoms with van der Waals surface area (Å²) in [5.74, 6) is -0.110. The molecule has 0 aromatic heterocycles. The van der Waals surface area contributed by atoms with Crippen molar-refractivity contribution >= 4 is 11.8 Å². The van der Waals surface area contributed by atoms with Crippen LogP contribution >= 0.6 is 0 Å². The first-order valence-corrected chi connectivity index (χ1v) is 6.89. The number of hydrogen-bond acceptors (Lipinski definition) is 3. The van der Waals surface area contributed by atoms with Crippen molar-refractivity contribution in [1.29, 1.82) is 0 Å². The highest BCUT2D eigenvalue weighted by Gasteiger charge is 2.40. The normalized spacial score (nSPS) is 24.4. The van der Waals surface area contributed by atoms with Crippen LogP contribution < -0.4 is 10.6 Å². The van der Waals surface area contributed by atoms with Crippen LogP contribution in [0.3, 0.4) is 0 Å². The molecule has 5 heteroatoms. The topological polar surface area (TPSA) is 78.4 Å². The number of aliphatic hydroxyl groups is 1. The van der Waals surface area contributed by atoms with Gasteiger partial charge < -0.3 is 15.7 Å². The summed E-state index contributed by atoms with van der Waals surface area (Å²) in [6.45, 7) is 0.408. The Morgan fingerprint density at radius 2 is 2.20 bits per heavy atom. The maximum Gasteiger partial charge on any atom is 0.253 e. The van der Waals surface area contributed by atoms with Crippen molar-refractivity contribution < 1.29 is 14.7 Å². The molecule has 2 amide bonds. The van der Waals surface area contributed by atoms with E-state index in [1.54, 1.807) is 6.07 Å². The largest absolute Gasteiger partial charge is 0.376 e. The molecule has 1 atom stereocenters. The zero-order chi connectivity index (χ0) is 14.2. The summed E-state index contributed by atoms with van der Waals surface area (Å²) in [6.07, 6.45) is 3.37. The van der Waals surface area contributed by atoms with E-state index in [1.807, 2.05) is 12.1 Å². The van der Waals surface area contributed by atoms with E-state index >= 15 is 0 Å². The number of benzene rings is 1. The fraction of sp³-hybridized carbons (Fsp3) is 0.467. The third-order valence-corrected chi connectivity index (χ3v) is 4.39. The molecule has 1 aliphatic heterocycles. The number of amides is 2. The van der Waals surface area contributed by atoms with Gasteiger partial charge in [-0.3, -0.25) is 9.59 Å². The van der Waals surface area contributed by atoms with Gasteiger partial charge >= 0.3 is 0 Å². The molecule has 1 aliphatic carbocycles. The monoisotopic (exact) mass is 274 g/mol. The van der Waals surface area contributed by atoms with Crippen molar-refractivity contribution in [3.63, 3.8) is 0 Å². The molecule has 0 radical (unpaired) electrons. The highest BCUT2D eigenvalue weighted by Crippen LogP contribution is 2.40. The lowest BCUT2D eigenvalue weighted by molar-refractivity contribution is -0.119. The molecular formula is C15H18N2O3. The van der Waals surface area contributed by atoms with Crippen LogP contribution in [-0.4, -0.2) is 30.2 Å². The van der Waals surface area contributed by atoms with Crippen molar-refractivity contribution in [3.05, 3.63) is 34.9 Å². The Morgan fingerprint density at radius 3 is 2.90 bits per heavy atom. The lowest BCUT2D eigenvalue weighted by Crippen LogP contribution is -2.31. The minimum atomic E-state index is -0.354. The highest BCUT2D eigenvalue weighted by molar-refractivity contribution is 5.94. The lowest BCUT2D eigenvalue weighted by atomic mass is 9.71. The average molecular weight is 274 g/mol. The quantitative estimate of drug-likeness (QED) is 0.681. The van der Waals surface area contributed by atoms with E-state index in [9.17, 15) is 9.59 Å². The van der Waals surface area contributed by atoms with E-state index in [0.29, 0.717) is 12.0 Å². The molecule has 0 saturated carbocycles. The minimum absolute atomic E-state index is 0.0684. The number of carbonyl (C=O) groups is 2. The molecule has 1 heterocycles. The third kappa shape index (κ3) is 2.29. The Balaban J connectivity index is 1.82. The van der Waals surface area contributed by atoms with Gasteiger partial charge in [0.2, 0.25) is 5.91 Å². The van der Waals surface area contributed by atoms with Crippen LogP contribution in [-0.2, 0) is 17.6 Å². The predicted octanol–water partition coefficient (Wildman–Crippen LogP) is 0.361. The van der Waals surface area contributed by atoms with Gasteiger partial charge in [-0.1, -0.05) is 6.07 Å². The van der Waals surface area contributed by atoms with Crippen LogP contribution in [0.15, 0.2) is 18.2 Å². The second-order valence-corrected chi connectivity index (χ2v) is 5.78. The molecule has 1 aromatic rings. The molecule has 0 unspecified atom stereocenters. The number of carbonyl (C=O) groups excluding carboxylic acids is 2. The van der Waals surface area contributed by atoms with Gasteiger partial charge in [-0.15, -0.1) is 0 Å². The standard InChI is InChI=1S/C15H18N2O3/c18-9-17-14(20)11-1-2-12-6-15(4-3-10(12)5-11)7-13(19)16-8-15/h1-2,5,18H,3-4,6-9H2,(H,16,19)(H,17,20)/t15-/m1/s1. The molecule has 106 valence electrons. The highest BCUT2D eigenvalue weighted by atomic mass is 16.3. The van der Waals surface area contributed by atoms with E-state index in [-0.39, 0.29) is 24.0 Å². The van der Waals surface area contributed by atoms with Crippen molar-refractivity contribution in [3.8, 4) is 0 Å². The van der Waals surface area contributed by atoms with Gasteiger partial charge in [0.15, 0.2) is 0 Å². The second kappa shape index (κ2) is 4.90. The van der Waals surface area contributed by atoms with Gasteiger partial charge in [-0.2, -0.15) is 0 Å². The molecule has 1 aromatic carbocycles. The first-order chi connectivity index (χ1) is 9.62. The van der Waals surface area contributed by atoms with Gasteiger partial charge in [0.1, 0.15) is 6.73 Å². The number of aliphatic hydroxyl groups excluding tert-OH is 1. The summed E-state index contributed by atoms with van der Waals surface area (Å²) in [4.78, 5) is 23.2. The first-order valence-electron chi connectivity index (χ1n) is 6.89. The van der Waals surface area contributed by atoms with E-state index < -0.39 is 0 Å². The van der Waals surface area contributed by atoms with E-state index in [1.165, 1.54) is 11.1 Å². The maximum atomic E-state index is 11.7.